The molecular formula is C14H16N4O2. The minimum atomic E-state index is -0.354. The third-order valence-corrected chi connectivity index (χ3v) is 2.84. The SMILES string of the molecule is NCc1ccc(NC(=O)CCn2cccnc2=O)cc1. The molecule has 3 N–H and O–H groups in total. The number of anilines is 1. The first-order valence-corrected chi connectivity index (χ1v) is 6.29. The van der Waals surface area contributed by atoms with Crippen molar-refractivity contribution in [2.24, 2.45) is 5.73 Å². The summed E-state index contributed by atoms with van der Waals surface area (Å²) in [7, 11) is 0. The number of benzene rings is 1. The third-order valence-electron chi connectivity index (χ3n) is 2.84. The van der Waals surface area contributed by atoms with Crippen molar-refractivity contribution < 1.29 is 4.79 Å². The first-order chi connectivity index (χ1) is 9.69. The van der Waals surface area contributed by atoms with Crippen LogP contribution in [0.3, 0.4) is 0 Å². The van der Waals surface area contributed by atoms with E-state index in [0.717, 1.165) is 5.56 Å². The second kappa shape index (κ2) is 6.63. The van der Waals surface area contributed by atoms with Crippen molar-refractivity contribution in [3.05, 3.63) is 58.8 Å². The Bertz CT molecular complexity index is 634. The van der Waals surface area contributed by atoms with E-state index in [0.29, 0.717) is 18.8 Å². The number of rotatable bonds is 5. The topological polar surface area (TPSA) is 90.0 Å². The Kier molecular flexibility index (Phi) is 4.62. The van der Waals surface area contributed by atoms with Crippen molar-refractivity contribution in [1.82, 2.24) is 9.55 Å². The number of nitrogens with one attached hydrogen (secondary N) is 1. The number of aromatic nitrogens is 2. The van der Waals surface area contributed by atoms with E-state index in [2.05, 4.69) is 10.3 Å². The van der Waals surface area contributed by atoms with Gasteiger partial charge in [0.25, 0.3) is 0 Å². The number of carbonyl (C=O) groups is 1. The van der Waals surface area contributed by atoms with E-state index in [4.69, 9.17) is 5.73 Å². The van der Waals surface area contributed by atoms with E-state index in [1.165, 1.54) is 10.8 Å². The minimum Gasteiger partial charge on any atom is -0.326 e. The molecule has 104 valence electrons. The molecule has 0 aliphatic rings. The highest BCUT2D eigenvalue weighted by Gasteiger charge is 2.04. The van der Waals surface area contributed by atoms with Crippen molar-refractivity contribution >= 4 is 11.6 Å². The zero-order valence-corrected chi connectivity index (χ0v) is 11.0. The molecule has 0 saturated carbocycles. The predicted octanol–water partition coefficient (Wildman–Crippen LogP) is 0.731. The molecule has 0 atom stereocenters. The maximum absolute atomic E-state index is 11.8. The first-order valence-electron chi connectivity index (χ1n) is 6.29. The fourth-order valence-electron chi connectivity index (χ4n) is 1.73. The van der Waals surface area contributed by atoms with Gasteiger partial charge in [0.15, 0.2) is 0 Å². The zero-order chi connectivity index (χ0) is 14.4. The summed E-state index contributed by atoms with van der Waals surface area (Å²) in [6.45, 7) is 0.775. The molecule has 0 radical (unpaired) electrons. The summed E-state index contributed by atoms with van der Waals surface area (Å²) in [5.41, 5.74) is 6.87. The van der Waals surface area contributed by atoms with E-state index in [1.54, 1.807) is 24.4 Å². The Morgan fingerprint density at radius 1 is 1.30 bits per heavy atom. The molecule has 1 amide bonds. The van der Waals surface area contributed by atoms with Gasteiger partial charge >= 0.3 is 5.69 Å². The molecule has 0 bridgehead atoms. The average molecular weight is 272 g/mol. The van der Waals surface area contributed by atoms with Crippen LogP contribution in [0.25, 0.3) is 0 Å². The number of carbonyl (C=O) groups excluding carboxylic acids is 1. The Hall–Kier alpha value is -2.47. The van der Waals surface area contributed by atoms with Crippen molar-refractivity contribution in [2.45, 2.75) is 19.5 Å². The van der Waals surface area contributed by atoms with Crippen molar-refractivity contribution in [3.63, 3.8) is 0 Å². The summed E-state index contributed by atoms with van der Waals surface area (Å²) in [6.07, 6.45) is 3.25. The summed E-state index contributed by atoms with van der Waals surface area (Å²) in [4.78, 5) is 26.8. The Morgan fingerprint density at radius 3 is 2.70 bits per heavy atom. The normalized spacial score (nSPS) is 10.2. The van der Waals surface area contributed by atoms with Crippen LogP contribution in [-0.4, -0.2) is 15.5 Å². The van der Waals surface area contributed by atoms with Crippen LogP contribution in [0.2, 0.25) is 0 Å². The van der Waals surface area contributed by atoms with E-state index in [1.807, 2.05) is 12.1 Å². The molecule has 2 aromatic rings. The van der Waals surface area contributed by atoms with Crippen LogP contribution in [0.5, 0.6) is 0 Å². The van der Waals surface area contributed by atoms with E-state index < -0.39 is 0 Å². The van der Waals surface area contributed by atoms with Gasteiger partial charge in [0, 0.05) is 37.6 Å². The fraction of sp³-hybridized carbons (Fsp3) is 0.214. The van der Waals surface area contributed by atoms with Gasteiger partial charge in [0.2, 0.25) is 5.91 Å². The van der Waals surface area contributed by atoms with Crippen LogP contribution in [0, 0.1) is 0 Å². The summed E-state index contributed by atoms with van der Waals surface area (Å²) >= 11 is 0. The lowest BCUT2D eigenvalue weighted by Crippen LogP contribution is -2.24. The van der Waals surface area contributed by atoms with Gasteiger partial charge in [0.05, 0.1) is 0 Å². The maximum Gasteiger partial charge on any atom is 0.347 e. The highest BCUT2D eigenvalue weighted by Crippen LogP contribution is 2.09. The van der Waals surface area contributed by atoms with Crippen molar-refractivity contribution in [1.29, 1.82) is 0 Å². The number of aryl methyl sites for hydroxylation is 1. The van der Waals surface area contributed by atoms with E-state index in [-0.39, 0.29) is 18.0 Å². The third kappa shape index (κ3) is 3.76. The zero-order valence-electron chi connectivity index (χ0n) is 11.0. The molecule has 0 saturated heterocycles. The summed E-state index contributed by atoms with van der Waals surface area (Å²) in [5, 5.41) is 2.77. The van der Waals surface area contributed by atoms with E-state index in [9.17, 15) is 9.59 Å². The Morgan fingerprint density at radius 2 is 2.05 bits per heavy atom. The lowest BCUT2D eigenvalue weighted by molar-refractivity contribution is -0.116. The summed E-state index contributed by atoms with van der Waals surface area (Å²) in [6, 6.07) is 8.99. The molecular weight excluding hydrogens is 256 g/mol. The number of hydrogen-bond donors (Lipinski definition) is 2. The van der Waals surface area contributed by atoms with Gasteiger partial charge in [-0.25, -0.2) is 9.78 Å². The molecule has 0 fully saturated rings. The molecule has 20 heavy (non-hydrogen) atoms. The quantitative estimate of drug-likeness (QED) is 0.839. The van der Waals surface area contributed by atoms with Gasteiger partial charge in [-0.05, 0) is 23.8 Å². The minimum absolute atomic E-state index is 0.152. The van der Waals surface area contributed by atoms with Crippen LogP contribution in [0.1, 0.15) is 12.0 Å². The molecule has 0 unspecified atom stereocenters. The fourth-order valence-corrected chi connectivity index (χ4v) is 1.73. The van der Waals surface area contributed by atoms with Crippen molar-refractivity contribution in [3.8, 4) is 0 Å². The van der Waals surface area contributed by atoms with Gasteiger partial charge in [-0.2, -0.15) is 0 Å². The Labute approximate surface area is 116 Å². The number of amides is 1. The van der Waals surface area contributed by atoms with Gasteiger partial charge in [-0.15, -0.1) is 0 Å². The molecule has 0 aliphatic carbocycles. The monoisotopic (exact) mass is 272 g/mol. The van der Waals surface area contributed by atoms with Crippen LogP contribution in [-0.2, 0) is 17.9 Å². The largest absolute Gasteiger partial charge is 0.347 e. The van der Waals surface area contributed by atoms with E-state index >= 15 is 0 Å². The smallest absolute Gasteiger partial charge is 0.326 e. The number of hydrogen-bond acceptors (Lipinski definition) is 4. The highest BCUT2D eigenvalue weighted by molar-refractivity contribution is 5.90. The van der Waals surface area contributed by atoms with Gasteiger partial charge < -0.3 is 11.1 Å². The molecule has 0 aliphatic heterocycles. The predicted molar refractivity (Wildman–Crippen MR) is 76.1 cm³/mol. The van der Waals surface area contributed by atoms with Crippen molar-refractivity contribution in [2.75, 3.05) is 5.32 Å². The number of nitrogens with two attached hydrogens (primary N) is 1. The first kappa shape index (κ1) is 14.0. The molecule has 1 aromatic carbocycles. The van der Waals surface area contributed by atoms with Gasteiger partial charge in [-0.3, -0.25) is 9.36 Å². The lowest BCUT2D eigenvalue weighted by atomic mass is 10.2. The molecule has 2 rings (SSSR count). The Balaban J connectivity index is 1.89. The maximum atomic E-state index is 11.8. The molecule has 0 spiro atoms. The highest BCUT2D eigenvalue weighted by atomic mass is 16.2. The van der Waals surface area contributed by atoms with Gasteiger partial charge in [-0.1, -0.05) is 12.1 Å². The van der Waals surface area contributed by atoms with Crippen LogP contribution >= 0.6 is 0 Å². The summed E-state index contributed by atoms with van der Waals surface area (Å²) < 4.78 is 1.40. The van der Waals surface area contributed by atoms with Gasteiger partial charge in [0.1, 0.15) is 0 Å². The molecule has 6 nitrogen and oxygen atoms in total. The average Bonchev–Trinajstić information content (AvgIpc) is 2.47. The van der Waals surface area contributed by atoms with Crippen LogP contribution in [0.15, 0.2) is 47.5 Å². The molecule has 1 aromatic heterocycles. The van der Waals surface area contributed by atoms with Crippen LogP contribution < -0.4 is 16.7 Å². The molecule has 1 heterocycles. The lowest BCUT2D eigenvalue weighted by Gasteiger charge is -2.07. The standard InChI is InChI=1S/C14H16N4O2/c15-10-11-2-4-12(5-3-11)17-13(19)6-9-18-8-1-7-16-14(18)20/h1-5,7-8H,6,9-10,15H2,(H,17,19). The summed E-state index contributed by atoms with van der Waals surface area (Å²) in [5.74, 6) is -0.152. The second-order valence-electron chi connectivity index (χ2n) is 4.29. The van der Waals surface area contributed by atoms with Crippen LogP contribution in [0.4, 0.5) is 5.69 Å². The number of nitrogens with zero attached hydrogens (tertiary/aromatic N) is 2. The molecule has 6 heteroatoms. The second-order valence-corrected chi connectivity index (χ2v) is 4.29.